The zero-order valence-electron chi connectivity index (χ0n) is 17.5. The predicted octanol–water partition coefficient (Wildman–Crippen LogP) is 4.56. The van der Waals surface area contributed by atoms with E-state index in [1.807, 2.05) is 38.1 Å². The summed E-state index contributed by atoms with van der Waals surface area (Å²) in [6.45, 7) is 3.89. The van der Waals surface area contributed by atoms with Crippen molar-refractivity contribution in [2.75, 3.05) is 10.6 Å². The standard InChI is InChI=1S/C24H20N6O2/c1-13-19-8-6-17(11-21(19)29-27-13)25-23(31)15-4-3-5-16(10-15)24(32)26-18-7-9-20-14(2)28-30-22(20)12-18/h3-12H,1-2H3,(H,25,31)(H,26,32)(H,27,29)(H,28,30). The number of H-pyrrole nitrogens is 2. The van der Waals surface area contributed by atoms with E-state index in [9.17, 15) is 9.59 Å². The molecule has 4 N–H and O–H groups in total. The van der Waals surface area contributed by atoms with Gasteiger partial charge < -0.3 is 10.6 Å². The molecule has 158 valence electrons. The summed E-state index contributed by atoms with van der Waals surface area (Å²) in [4.78, 5) is 25.5. The van der Waals surface area contributed by atoms with Crippen molar-refractivity contribution < 1.29 is 9.59 Å². The Bertz CT molecular complexity index is 1390. The fourth-order valence-corrected chi connectivity index (χ4v) is 3.65. The number of nitrogens with one attached hydrogen (secondary N) is 4. The van der Waals surface area contributed by atoms with Gasteiger partial charge in [-0.3, -0.25) is 19.8 Å². The molecular formula is C24H20N6O2. The molecule has 0 aliphatic heterocycles. The van der Waals surface area contributed by atoms with Crippen molar-refractivity contribution in [3.8, 4) is 0 Å². The number of aryl methyl sites for hydroxylation is 2. The van der Waals surface area contributed by atoms with Crippen LogP contribution in [0, 0.1) is 13.8 Å². The highest BCUT2D eigenvalue weighted by Gasteiger charge is 2.13. The van der Waals surface area contributed by atoms with Crippen LogP contribution in [0.3, 0.4) is 0 Å². The van der Waals surface area contributed by atoms with Gasteiger partial charge in [0.05, 0.1) is 11.0 Å². The lowest BCUT2D eigenvalue weighted by atomic mass is 10.1. The molecule has 8 nitrogen and oxygen atoms in total. The summed E-state index contributed by atoms with van der Waals surface area (Å²) in [5, 5.41) is 22.0. The number of anilines is 2. The van der Waals surface area contributed by atoms with E-state index in [1.54, 1.807) is 36.4 Å². The number of hydrogen-bond acceptors (Lipinski definition) is 4. The maximum Gasteiger partial charge on any atom is 0.255 e. The minimum Gasteiger partial charge on any atom is -0.322 e. The number of carbonyl (C=O) groups is 2. The van der Waals surface area contributed by atoms with Crippen LogP contribution in [0.1, 0.15) is 32.1 Å². The Morgan fingerprint density at radius 1 is 0.688 bits per heavy atom. The molecule has 0 saturated heterocycles. The molecule has 32 heavy (non-hydrogen) atoms. The highest BCUT2D eigenvalue weighted by Crippen LogP contribution is 2.22. The van der Waals surface area contributed by atoms with E-state index in [0.29, 0.717) is 22.5 Å². The molecule has 5 aromatic rings. The van der Waals surface area contributed by atoms with Gasteiger partial charge in [-0.2, -0.15) is 10.2 Å². The predicted molar refractivity (Wildman–Crippen MR) is 124 cm³/mol. The monoisotopic (exact) mass is 424 g/mol. The van der Waals surface area contributed by atoms with Gasteiger partial charge in [0.15, 0.2) is 0 Å². The van der Waals surface area contributed by atoms with Crippen LogP contribution in [0.25, 0.3) is 21.8 Å². The van der Waals surface area contributed by atoms with Crippen LogP contribution in [0.5, 0.6) is 0 Å². The van der Waals surface area contributed by atoms with Crippen LogP contribution in [-0.2, 0) is 0 Å². The van der Waals surface area contributed by atoms with E-state index in [-0.39, 0.29) is 11.8 Å². The largest absolute Gasteiger partial charge is 0.322 e. The van der Waals surface area contributed by atoms with Crippen molar-refractivity contribution >= 4 is 45.0 Å². The van der Waals surface area contributed by atoms with Crippen LogP contribution >= 0.6 is 0 Å². The molecule has 2 amide bonds. The molecule has 2 aromatic heterocycles. The zero-order valence-corrected chi connectivity index (χ0v) is 17.5. The van der Waals surface area contributed by atoms with Crippen LogP contribution < -0.4 is 10.6 Å². The molecule has 0 aliphatic rings. The van der Waals surface area contributed by atoms with Crippen molar-refractivity contribution in [1.82, 2.24) is 20.4 Å². The normalized spacial score (nSPS) is 11.1. The first-order chi connectivity index (χ1) is 15.5. The lowest BCUT2D eigenvalue weighted by Crippen LogP contribution is -2.15. The third-order valence-corrected chi connectivity index (χ3v) is 5.39. The molecule has 0 radical (unpaired) electrons. The second-order valence-corrected chi connectivity index (χ2v) is 7.65. The van der Waals surface area contributed by atoms with E-state index in [2.05, 4.69) is 31.0 Å². The van der Waals surface area contributed by atoms with Crippen LogP contribution in [0.15, 0.2) is 60.7 Å². The molecular weight excluding hydrogens is 404 g/mol. The van der Waals surface area contributed by atoms with Crippen molar-refractivity contribution in [3.63, 3.8) is 0 Å². The fourth-order valence-electron chi connectivity index (χ4n) is 3.65. The average Bonchev–Trinajstić information content (AvgIpc) is 3.36. The molecule has 0 aliphatic carbocycles. The minimum atomic E-state index is -0.306. The van der Waals surface area contributed by atoms with Gasteiger partial charge in [0.1, 0.15) is 0 Å². The molecule has 0 bridgehead atoms. The summed E-state index contributed by atoms with van der Waals surface area (Å²) in [5.41, 5.74) is 5.52. The number of nitrogens with zero attached hydrogens (tertiary/aromatic N) is 2. The smallest absolute Gasteiger partial charge is 0.255 e. The van der Waals surface area contributed by atoms with Crippen LogP contribution in [0.2, 0.25) is 0 Å². The average molecular weight is 424 g/mol. The minimum absolute atomic E-state index is 0.306. The number of aromatic nitrogens is 4. The second-order valence-electron chi connectivity index (χ2n) is 7.65. The third-order valence-electron chi connectivity index (χ3n) is 5.39. The quantitative estimate of drug-likeness (QED) is 0.338. The number of benzene rings is 3. The Morgan fingerprint density at radius 3 is 1.62 bits per heavy atom. The Hall–Kier alpha value is -4.46. The highest BCUT2D eigenvalue weighted by molar-refractivity contribution is 6.09. The first kappa shape index (κ1) is 19.5. The van der Waals surface area contributed by atoms with E-state index < -0.39 is 0 Å². The lowest BCUT2D eigenvalue weighted by molar-refractivity contribution is 0.102. The van der Waals surface area contributed by atoms with E-state index in [0.717, 1.165) is 33.2 Å². The van der Waals surface area contributed by atoms with Crippen LogP contribution in [-0.4, -0.2) is 32.2 Å². The SMILES string of the molecule is Cc1[nH]nc2cc(NC(=O)c3cccc(C(=O)Nc4ccc5c(C)[nH]nc5c4)c3)ccc12. The second kappa shape index (κ2) is 7.66. The summed E-state index contributed by atoms with van der Waals surface area (Å²) in [6.07, 6.45) is 0. The van der Waals surface area contributed by atoms with Crippen molar-refractivity contribution in [1.29, 1.82) is 0 Å². The lowest BCUT2D eigenvalue weighted by Gasteiger charge is -2.08. The fraction of sp³-hybridized carbons (Fsp3) is 0.0833. The number of fused-ring (bicyclic) bond motifs is 2. The van der Waals surface area contributed by atoms with Crippen molar-refractivity contribution in [3.05, 3.63) is 83.2 Å². The third kappa shape index (κ3) is 3.58. The first-order valence-corrected chi connectivity index (χ1v) is 10.1. The molecule has 0 saturated carbocycles. The maximum atomic E-state index is 12.8. The molecule has 0 fully saturated rings. The Kier molecular flexibility index (Phi) is 4.67. The van der Waals surface area contributed by atoms with Crippen molar-refractivity contribution in [2.24, 2.45) is 0 Å². The molecule has 5 rings (SSSR count). The van der Waals surface area contributed by atoms with Gasteiger partial charge in [-0.15, -0.1) is 0 Å². The molecule has 0 atom stereocenters. The Labute approximate surface area is 183 Å². The summed E-state index contributed by atoms with van der Waals surface area (Å²) in [7, 11) is 0. The first-order valence-electron chi connectivity index (χ1n) is 10.1. The van der Waals surface area contributed by atoms with E-state index in [4.69, 9.17) is 0 Å². The molecule has 3 aromatic carbocycles. The molecule has 0 unspecified atom stereocenters. The maximum absolute atomic E-state index is 12.8. The summed E-state index contributed by atoms with van der Waals surface area (Å²) in [5.74, 6) is -0.612. The topological polar surface area (TPSA) is 116 Å². The van der Waals surface area contributed by atoms with Crippen LogP contribution in [0.4, 0.5) is 11.4 Å². The number of aromatic amines is 2. The van der Waals surface area contributed by atoms with Crippen molar-refractivity contribution in [2.45, 2.75) is 13.8 Å². The number of carbonyl (C=O) groups excluding carboxylic acids is 2. The van der Waals surface area contributed by atoms with E-state index in [1.165, 1.54) is 0 Å². The Morgan fingerprint density at radius 2 is 1.16 bits per heavy atom. The number of rotatable bonds is 4. The molecule has 2 heterocycles. The summed E-state index contributed by atoms with van der Waals surface area (Å²) in [6, 6.07) is 17.7. The Balaban J connectivity index is 1.33. The zero-order chi connectivity index (χ0) is 22.2. The number of amides is 2. The van der Waals surface area contributed by atoms with E-state index >= 15 is 0 Å². The molecule has 0 spiro atoms. The van der Waals surface area contributed by atoms with Gasteiger partial charge in [0.2, 0.25) is 0 Å². The van der Waals surface area contributed by atoms with Gasteiger partial charge >= 0.3 is 0 Å². The van der Waals surface area contributed by atoms with Gasteiger partial charge in [0, 0.05) is 44.7 Å². The number of hydrogen-bond donors (Lipinski definition) is 4. The van der Waals surface area contributed by atoms with Gasteiger partial charge in [-0.1, -0.05) is 6.07 Å². The van der Waals surface area contributed by atoms with Gasteiger partial charge in [0.25, 0.3) is 11.8 Å². The summed E-state index contributed by atoms with van der Waals surface area (Å²) < 4.78 is 0. The van der Waals surface area contributed by atoms with Gasteiger partial charge in [-0.25, -0.2) is 0 Å². The molecule has 8 heteroatoms. The highest BCUT2D eigenvalue weighted by atomic mass is 16.2. The summed E-state index contributed by atoms with van der Waals surface area (Å²) >= 11 is 0. The van der Waals surface area contributed by atoms with Gasteiger partial charge in [-0.05, 0) is 68.4 Å².